The molecule has 4 rings (SSSR count). The predicted octanol–water partition coefficient (Wildman–Crippen LogP) is 10.9. The molecule has 2 aromatic rings. The molecule has 11 heteroatoms. The lowest BCUT2D eigenvalue weighted by molar-refractivity contribution is -0.186. The molecular formula is C36H45F8NO2. The summed E-state index contributed by atoms with van der Waals surface area (Å²) in [7, 11) is 0. The highest BCUT2D eigenvalue weighted by molar-refractivity contribution is 5.67. The van der Waals surface area contributed by atoms with Crippen molar-refractivity contribution in [1.82, 2.24) is 4.90 Å². The van der Waals surface area contributed by atoms with Crippen LogP contribution in [0.15, 0.2) is 48.5 Å². The zero-order valence-corrected chi connectivity index (χ0v) is 27.4. The molecule has 2 fully saturated rings. The van der Waals surface area contributed by atoms with Crippen LogP contribution in [-0.2, 0) is 11.0 Å². The van der Waals surface area contributed by atoms with Gasteiger partial charge in [0.1, 0.15) is 0 Å². The van der Waals surface area contributed by atoms with Crippen molar-refractivity contribution in [2.24, 2.45) is 23.7 Å². The van der Waals surface area contributed by atoms with Crippen molar-refractivity contribution in [2.45, 2.75) is 115 Å². The molecule has 0 aromatic heterocycles. The number of halogens is 8. The van der Waals surface area contributed by atoms with E-state index in [4.69, 9.17) is 0 Å². The first-order chi connectivity index (χ1) is 21.7. The molecule has 2 aromatic carbocycles. The van der Waals surface area contributed by atoms with Crippen LogP contribution in [0, 0.1) is 23.7 Å². The summed E-state index contributed by atoms with van der Waals surface area (Å²) in [6, 6.07) is 8.46. The van der Waals surface area contributed by atoms with Crippen LogP contribution in [0.5, 0.6) is 0 Å². The van der Waals surface area contributed by atoms with Crippen LogP contribution in [-0.4, -0.2) is 40.0 Å². The van der Waals surface area contributed by atoms with Gasteiger partial charge in [-0.2, -0.15) is 13.2 Å². The quantitative estimate of drug-likeness (QED) is 0.255. The molecule has 1 heterocycles. The Morgan fingerprint density at radius 2 is 1.47 bits per heavy atom. The summed E-state index contributed by atoms with van der Waals surface area (Å²) < 4.78 is 118. The smallest absolute Gasteiger partial charge is 0.416 e. The minimum Gasteiger partial charge on any atom is -0.481 e. The summed E-state index contributed by atoms with van der Waals surface area (Å²) in [5.74, 6) is -12.2. The Labute approximate surface area is 271 Å². The van der Waals surface area contributed by atoms with Crippen molar-refractivity contribution in [3.05, 3.63) is 70.8 Å². The summed E-state index contributed by atoms with van der Waals surface area (Å²) in [6.07, 6.45) is -5.12. The van der Waals surface area contributed by atoms with Gasteiger partial charge in [0.15, 0.2) is 5.67 Å². The van der Waals surface area contributed by atoms with Crippen molar-refractivity contribution in [1.29, 1.82) is 0 Å². The number of aliphatic carboxylic acids is 1. The second-order valence-electron chi connectivity index (χ2n) is 14.4. The Morgan fingerprint density at radius 1 is 0.894 bits per heavy atom. The first kappa shape index (κ1) is 37.1. The molecule has 0 radical (unpaired) electrons. The highest BCUT2D eigenvalue weighted by Crippen LogP contribution is 2.57. The number of hydrogen-bond acceptors (Lipinski definition) is 2. The molecular weight excluding hydrogens is 630 g/mol. The van der Waals surface area contributed by atoms with Gasteiger partial charge in [-0.15, -0.1) is 0 Å². The summed E-state index contributed by atoms with van der Waals surface area (Å²) in [4.78, 5) is 13.7. The number of carboxylic acids is 1. The number of carbonyl (C=O) groups is 1. The van der Waals surface area contributed by atoms with Gasteiger partial charge in [-0.3, -0.25) is 9.69 Å². The van der Waals surface area contributed by atoms with Gasteiger partial charge in [-0.05, 0) is 79.2 Å². The van der Waals surface area contributed by atoms with Crippen LogP contribution in [0.2, 0.25) is 0 Å². The van der Waals surface area contributed by atoms with Crippen LogP contribution in [0.25, 0.3) is 0 Å². The molecule has 1 aliphatic heterocycles. The summed E-state index contributed by atoms with van der Waals surface area (Å²) >= 11 is 0. The number of benzene rings is 2. The normalized spacial score (nSPS) is 28.8. The van der Waals surface area contributed by atoms with Gasteiger partial charge in [0.05, 0.1) is 23.8 Å². The number of piperidine rings is 1. The van der Waals surface area contributed by atoms with E-state index in [2.05, 4.69) is 0 Å². The molecule has 2 aliphatic rings. The lowest BCUT2D eigenvalue weighted by atomic mass is 9.64. The van der Waals surface area contributed by atoms with Crippen molar-refractivity contribution in [3.8, 4) is 0 Å². The van der Waals surface area contributed by atoms with Gasteiger partial charge in [0.25, 0.3) is 11.8 Å². The first-order valence-corrected chi connectivity index (χ1v) is 16.4. The maximum Gasteiger partial charge on any atom is 0.416 e. The third-order valence-corrected chi connectivity index (χ3v) is 10.4. The number of likely N-dealkylation sites (tertiary alicyclic amines) is 1. The van der Waals surface area contributed by atoms with Gasteiger partial charge in [0.2, 0.25) is 0 Å². The Balaban J connectivity index is 1.83. The molecule has 1 aliphatic carbocycles. The number of rotatable bonds is 10. The molecule has 0 spiro atoms. The average Bonchev–Trinajstić information content (AvgIpc) is 2.95. The summed E-state index contributed by atoms with van der Waals surface area (Å²) in [6.45, 7) is 8.27. The van der Waals surface area contributed by atoms with E-state index in [0.717, 1.165) is 19.1 Å². The van der Waals surface area contributed by atoms with Crippen molar-refractivity contribution in [2.75, 3.05) is 6.54 Å². The Morgan fingerprint density at radius 3 is 1.98 bits per heavy atom. The Hall–Kier alpha value is -2.69. The Bertz CT molecular complexity index is 1350. The van der Waals surface area contributed by atoms with E-state index >= 15 is 22.0 Å². The third-order valence-electron chi connectivity index (χ3n) is 10.4. The van der Waals surface area contributed by atoms with E-state index in [0.29, 0.717) is 18.4 Å². The second-order valence-corrected chi connectivity index (χ2v) is 14.4. The van der Waals surface area contributed by atoms with Gasteiger partial charge < -0.3 is 5.11 Å². The maximum atomic E-state index is 15.7. The molecule has 1 N–H and O–H groups in total. The molecule has 6 unspecified atom stereocenters. The van der Waals surface area contributed by atoms with Gasteiger partial charge in [-0.1, -0.05) is 64.1 Å². The lowest BCUT2D eigenvalue weighted by Gasteiger charge is -2.49. The SMILES string of the molecule is CC(C)CCC(c1ccc(C(F)(F)F)cc1)N1CCC(F)(F)C(CC(=O)O)C1c1ccc(C2C(C(C)C)CCC(C)(F)C2(F)F)cc1. The highest BCUT2D eigenvalue weighted by Gasteiger charge is 2.62. The van der Waals surface area contributed by atoms with Crippen LogP contribution in [0.4, 0.5) is 35.1 Å². The number of nitrogens with zero attached hydrogens (tertiary/aromatic N) is 1. The molecule has 1 saturated heterocycles. The molecule has 47 heavy (non-hydrogen) atoms. The zero-order chi connectivity index (χ0) is 35.1. The van der Waals surface area contributed by atoms with E-state index in [1.54, 1.807) is 18.7 Å². The minimum absolute atomic E-state index is 0.170. The van der Waals surface area contributed by atoms with Gasteiger partial charge in [0, 0.05) is 25.0 Å². The minimum atomic E-state index is -4.57. The predicted molar refractivity (Wildman–Crippen MR) is 164 cm³/mol. The van der Waals surface area contributed by atoms with E-state index in [1.807, 2.05) is 13.8 Å². The molecule has 1 saturated carbocycles. The van der Waals surface area contributed by atoms with E-state index in [9.17, 15) is 23.1 Å². The zero-order valence-electron chi connectivity index (χ0n) is 27.4. The largest absolute Gasteiger partial charge is 0.481 e. The summed E-state index contributed by atoms with van der Waals surface area (Å²) in [5.41, 5.74) is -2.66. The molecule has 0 bridgehead atoms. The van der Waals surface area contributed by atoms with Crippen molar-refractivity contribution in [3.63, 3.8) is 0 Å². The summed E-state index contributed by atoms with van der Waals surface area (Å²) in [5, 5.41) is 9.71. The molecule has 3 nitrogen and oxygen atoms in total. The van der Waals surface area contributed by atoms with Crippen LogP contribution in [0.1, 0.15) is 113 Å². The standard InChI is InChI=1S/C36H45F8NO2/c1-21(2)6-15-29(23-11-13-26(14-12-23)36(42,43)44)45-19-18-34(38,39)28(20-30(46)47)32(45)25-9-7-24(8-10-25)31-27(22(3)4)16-17-33(5,37)35(31,40)41/h7-14,21-22,27-29,31-32H,6,15-20H2,1-5H3,(H,46,47). The van der Waals surface area contributed by atoms with E-state index in [1.165, 1.54) is 36.4 Å². The average molecular weight is 676 g/mol. The number of carboxylic acid groups (broad SMARTS) is 1. The van der Waals surface area contributed by atoms with Gasteiger partial charge in [-0.25, -0.2) is 22.0 Å². The van der Waals surface area contributed by atoms with Crippen LogP contribution >= 0.6 is 0 Å². The maximum absolute atomic E-state index is 15.7. The van der Waals surface area contributed by atoms with Crippen molar-refractivity contribution < 1.29 is 45.0 Å². The van der Waals surface area contributed by atoms with Crippen molar-refractivity contribution >= 4 is 5.97 Å². The highest BCUT2D eigenvalue weighted by atomic mass is 19.4. The molecule has 0 amide bonds. The van der Waals surface area contributed by atoms with Gasteiger partial charge >= 0.3 is 12.1 Å². The topological polar surface area (TPSA) is 40.5 Å². The fourth-order valence-corrected chi connectivity index (χ4v) is 7.64. The first-order valence-electron chi connectivity index (χ1n) is 16.4. The Kier molecular flexibility index (Phi) is 10.8. The van der Waals surface area contributed by atoms with E-state index in [-0.39, 0.29) is 42.3 Å². The molecule has 6 atom stereocenters. The number of hydrogen-bond donors (Lipinski definition) is 1. The molecule has 262 valence electrons. The third kappa shape index (κ3) is 7.81. The van der Waals surface area contributed by atoms with Crippen LogP contribution < -0.4 is 0 Å². The monoisotopic (exact) mass is 675 g/mol. The van der Waals surface area contributed by atoms with E-state index < -0.39 is 77.9 Å². The second kappa shape index (κ2) is 13.7. The fourth-order valence-electron chi connectivity index (χ4n) is 7.64. The lowest BCUT2D eigenvalue weighted by Crippen LogP contribution is -2.53. The number of alkyl halides is 8. The fraction of sp³-hybridized carbons (Fsp3) is 0.639. The van der Waals surface area contributed by atoms with Crippen LogP contribution in [0.3, 0.4) is 0 Å².